The van der Waals surface area contributed by atoms with E-state index in [-0.39, 0.29) is 6.04 Å². The summed E-state index contributed by atoms with van der Waals surface area (Å²) in [7, 11) is 0. The number of thiazole rings is 1. The van der Waals surface area contributed by atoms with Crippen LogP contribution in [0.3, 0.4) is 0 Å². The average molecular weight is 305 g/mol. The van der Waals surface area contributed by atoms with Crippen LogP contribution in [-0.4, -0.2) is 21.5 Å². The van der Waals surface area contributed by atoms with E-state index in [0.29, 0.717) is 0 Å². The molecular weight excluding hydrogens is 282 g/mol. The Morgan fingerprint density at radius 3 is 2.43 bits per heavy atom. The van der Waals surface area contributed by atoms with Crippen molar-refractivity contribution in [2.75, 3.05) is 17.2 Å². The molecule has 0 amide bonds. The summed E-state index contributed by atoms with van der Waals surface area (Å²) in [4.78, 5) is 14.8. The van der Waals surface area contributed by atoms with Crippen molar-refractivity contribution in [2.24, 2.45) is 0 Å². The minimum atomic E-state index is 0.185. The number of hydrogen-bond acceptors (Lipinski definition) is 6. The SMILES string of the molecule is CCNc1cc(NC(C)c2sc(C)nc2C)nc(CC)n1. The van der Waals surface area contributed by atoms with E-state index in [1.807, 2.05) is 13.0 Å². The predicted octanol–water partition coefficient (Wildman–Crippen LogP) is 3.72. The third-order valence-corrected chi connectivity index (χ3v) is 4.40. The number of anilines is 2. The molecule has 0 aliphatic carbocycles. The molecule has 21 heavy (non-hydrogen) atoms. The van der Waals surface area contributed by atoms with E-state index in [1.54, 1.807) is 11.3 Å². The lowest BCUT2D eigenvalue weighted by molar-refractivity contribution is 0.861. The molecule has 0 bridgehead atoms. The van der Waals surface area contributed by atoms with Crippen LogP contribution in [0.1, 0.15) is 48.2 Å². The molecule has 2 N–H and O–H groups in total. The minimum Gasteiger partial charge on any atom is -0.370 e. The fourth-order valence-corrected chi connectivity index (χ4v) is 3.17. The molecule has 2 aromatic rings. The molecule has 0 aliphatic rings. The highest BCUT2D eigenvalue weighted by Crippen LogP contribution is 2.27. The summed E-state index contributed by atoms with van der Waals surface area (Å²) >= 11 is 1.73. The molecular formula is C15H23N5S. The molecule has 5 nitrogen and oxygen atoms in total. The molecule has 2 rings (SSSR count). The topological polar surface area (TPSA) is 62.7 Å². The van der Waals surface area contributed by atoms with Gasteiger partial charge in [0.05, 0.1) is 16.7 Å². The predicted molar refractivity (Wildman–Crippen MR) is 89.2 cm³/mol. The normalized spacial score (nSPS) is 12.2. The molecule has 0 radical (unpaired) electrons. The Balaban J connectivity index is 2.21. The Morgan fingerprint density at radius 1 is 1.14 bits per heavy atom. The highest BCUT2D eigenvalue weighted by molar-refractivity contribution is 7.11. The third kappa shape index (κ3) is 3.91. The molecule has 0 aliphatic heterocycles. The smallest absolute Gasteiger partial charge is 0.132 e. The van der Waals surface area contributed by atoms with Crippen LogP contribution in [0, 0.1) is 13.8 Å². The van der Waals surface area contributed by atoms with E-state index in [9.17, 15) is 0 Å². The van der Waals surface area contributed by atoms with Crippen molar-refractivity contribution in [1.29, 1.82) is 0 Å². The molecule has 0 saturated heterocycles. The van der Waals surface area contributed by atoms with E-state index in [1.165, 1.54) is 4.88 Å². The second-order valence-electron chi connectivity index (χ2n) is 4.99. The quantitative estimate of drug-likeness (QED) is 0.851. The number of aromatic nitrogens is 3. The maximum Gasteiger partial charge on any atom is 0.132 e. The van der Waals surface area contributed by atoms with Crippen molar-refractivity contribution in [2.45, 2.75) is 47.1 Å². The lowest BCUT2D eigenvalue weighted by atomic mass is 10.2. The fourth-order valence-electron chi connectivity index (χ4n) is 2.24. The zero-order valence-electron chi connectivity index (χ0n) is 13.3. The van der Waals surface area contributed by atoms with Gasteiger partial charge in [0.1, 0.15) is 17.5 Å². The first kappa shape index (κ1) is 15.7. The van der Waals surface area contributed by atoms with E-state index < -0.39 is 0 Å². The number of nitrogens with one attached hydrogen (secondary N) is 2. The molecule has 6 heteroatoms. The Hall–Kier alpha value is -1.69. The zero-order valence-corrected chi connectivity index (χ0v) is 14.1. The molecule has 0 spiro atoms. The lowest BCUT2D eigenvalue weighted by Gasteiger charge is -2.15. The van der Waals surface area contributed by atoms with Gasteiger partial charge in [0.15, 0.2) is 0 Å². The van der Waals surface area contributed by atoms with Gasteiger partial charge in [-0.2, -0.15) is 0 Å². The van der Waals surface area contributed by atoms with Gasteiger partial charge in [0, 0.05) is 23.9 Å². The fraction of sp³-hybridized carbons (Fsp3) is 0.533. The van der Waals surface area contributed by atoms with Crippen molar-refractivity contribution < 1.29 is 0 Å². The van der Waals surface area contributed by atoms with Gasteiger partial charge in [-0.05, 0) is 27.7 Å². The molecule has 2 aromatic heterocycles. The van der Waals surface area contributed by atoms with Gasteiger partial charge >= 0.3 is 0 Å². The Morgan fingerprint density at radius 2 is 1.86 bits per heavy atom. The van der Waals surface area contributed by atoms with Gasteiger partial charge in [-0.25, -0.2) is 15.0 Å². The standard InChI is InChI=1S/C15H23N5S/c1-6-12-19-13(16-7-2)8-14(20-12)18-10(4)15-9(3)17-11(5)21-15/h8,10H,6-7H2,1-5H3,(H2,16,18,19,20). The van der Waals surface area contributed by atoms with Gasteiger partial charge in [-0.1, -0.05) is 6.92 Å². The van der Waals surface area contributed by atoms with Crippen molar-refractivity contribution in [3.63, 3.8) is 0 Å². The van der Waals surface area contributed by atoms with Gasteiger partial charge < -0.3 is 10.6 Å². The lowest BCUT2D eigenvalue weighted by Crippen LogP contribution is -2.11. The van der Waals surface area contributed by atoms with Crippen molar-refractivity contribution >= 4 is 23.0 Å². The van der Waals surface area contributed by atoms with Crippen molar-refractivity contribution in [1.82, 2.24) is 15.0 Å². The van der Waals surface area contributed by atoms with Crippen LogP contribution >= 0.6 is 11.3 Å². The molecule has 0 aromatic carbocycles. The van der Waals surface area contributed by atoms with Gasteiger partial charge in [-0.3, -0.25) is 0 Å². The number of nitrogens with zero attached hydrogens (tertiary/aromatic N) is 3. The maximum atomic E-state index is 4.56. The maximum absolute atomic E-state index is 4.56. The first-order valence-corrected chi connectivity index (χ1v) is 8.17. The van der Waals surface area contributed by atoms with Crippen LogP contribution in [0.15, 0.2) is 6.07 Å². The molecule has 2 heterocycles. The van der Waals surface area contributed by atoms with Crippen molar-refractivity contribution in [3.8, 4) is 0 Å². The van der Waals surface area contributed by atoms with Gasteiger partial charge in [0.25, 0.3) is 0 Å². The monoisotopic (exact) mass is 305 g/mol. The van der Waals surface area contributed by atoms with Crippen LogP contribution in [0.25, 0.3) is 0 Å². The van der Waals surface area contributed by atoms with Crippen LogP contribution in [0.5, 0.6) is 0 Å². The second kappa shape index (κ2) is 6.85. The summed E-state index contributed by atoms with van der Waals surface area (Å²) in [5, 5.41) is 7.81. The summed E-state index contributed by atoms with van der Waals surface area (Å²) < 4.78 is 0. The number of rotatable bonds is 6. The van der Waals surface area contributed by atoms with E-state index in [4.69, 9.17) is 0 Å². The number of hydrogen-bond donors (Lipinski definition) is 2. The van der Waals surface area contributed by atoms with Crippen LogP contribution in [0.2, 0.25) is 0 Å². The number of aryl methyl sites for hydroxylation is 3. The van der Waals surface area contributed by atoms with Crippen LogP contribution < -0.4 is 10.6 Å². The summed E-state index contributed by atoms with van der Waals surface area (Å²) in [5.74, 6) is 2.58. The summed E-state index contributed by atoms with van der Waals surface area (Å²) in [5.41, 5.74) is 1.09. The van der Waals surface area contributed by atoms with Gasteiger partial charge in [-0.15, -0.1) is 11.3 Å². The van der Waals surface area contributed by atoms with Crippen molar-refractivity contribution in [3.05, 3.63) is 27.5 Å². The summed E-state index contributed by atoms with van der Waals surface area (Å²) in [6.45, 7) is 11.2. The molecule has 1 atom stereocenters. The van der Waals surface area contributed by atoms with E-state index in [0.717, 1.165) is 41.1 Å². The van der Waals surface area contributed by atoms with Crippen LogP contribution in [-0.2, 0) is 6.42 Å². The largest absolute Gasteiger partial charge is 0.370 e. The van der Waals surface area contributed by atoms with Gasteiger partial charge in [0.2, 0.25) is 0 Å². The van der Waals surface area contributed by atoms with E-state index in [2.05, 4.69) is 53.3 Å². The van der Waals surface area contributed by atoms with E-state index >= 15 is 0 Å². The Kier molecular flexibility index (Phi) is 5.12. The minimum absolute atomic E-state index is 0.185. The molecule has 1 unspecified atom stereocenters. The first-order valence-electron chi connectivity index (χ1n) is 7.35. The summed E-state index contributed by atoms with van der Waals surface area (Å²) in [6, 6.07) is 2.15. The third-order valence-electron chi connectivity index (χ3n) is 3.14. The first-order chi connectivity index (χ1) is 10.0. The average Bonchev–Trinajstić information content (AvgIpc) is 2.78. The molecule has 0 saturated carbocycles. The Labute approximate surface area is 130 Å². The van der Waals surface area contributed by atoms with Crippen LogP contribution in [0.4, 0.5) is 11.6 Å². The summed E-state index contributed by atoms with van der Waals surface area (Å²) in [6.07, 6.45) is 0.820. The Bertz CT molecular complexity index is 608. The molecule has 0 fully saturated rings. The molecule has 114 valence electrons. The zero-order chi connectivity index (χ0) is 15.4. The highest BCUT2D eigenvalue weighted by Gasteiger charge is 2.14. The highest BCUT2D eigenvalue weighted by atomic mass is 32.1. The second-order valence-corrected chi connectivity index (χ2v) is 6.22.